The Morgan fingerprint density at radius 2 is 1.70 bits per heavy atom. The molecule has 0 unspecified atom stereocenters. The van der Waals surface area contributed by atoms with Crippen molar-refractivity contribution in [1.82, 2.24) is 19.6 Å². The van der Waals surface area contributed by atoms with Crippen molar-refractivity contribution >= 4 is 22.4 Å². The van der Waals surface area contributed by atoms with Gasteiger partial charge in [0.15, 0.2) is 0 Å². The summed E-state index contributed by atoms with van der Waals surface area (Å²) in [5, 5.41) is 3.13. The SMILES string of the molecule is Cc1cc(C)nc(S(=O)(=O)N(C)C2CCNCC2)n1.Cl. The monoisotopic (exact) mass is 320 g/mol. The Morgan fingerprint density at radius 3 is 2.20 bits per heavy atom. The highest BCUT2D eigenvalue weighted by atomic mass is 35.5. The van der Waals surface area contributed by atoms with Gasteiger partial charge in [-0.1, -0.05) is 0 Å². The molecule has 0 saturated carbocycles. The van der Waals surface area contributed by atoms with Gasteiger partial charge in [-0.2, -0.15) is 4.31 Å². The molecule has 1 aliphatic rings. The molecule has 0 spiro atoms. The molecule has 1 N–H and O–H groups in total. The minimum absolute atomic E-state index is 0. The van der Waals surface area contributed by atoms with Gasteiger partial charge in [0, 0.05) is 24.5 Å². The molecule has 1 fully saturated rings. The number of nitrogens with one attached hydrogen (secondary N) is 1. The lowest BCUT2D eigenvalue weighted by Crippen LogP contribution is -2.44. The summed E-state index contributed by atoms with van der Waals surface area (Å²) in [4.78, 5) is 8.13. The van der Waals surface area contributed by atoms with Crippen molar-refractivity contribution in [2.75, 3.05) is 20.1 Å². The van der Waals surface area contributed by atoms with Crippen molar-refractivity contribution in [2.24, 2.45) is 0 Å². The fourth-order valence-corrected chi connectivity index (χ4v) is 3.68. The second-order valence-electron chi connectivity index (χ2n) is 4.94. The van der Waals surface area contributed by atoms with Crippen molar-refractivity contribution in [3.8, 4) is 0 Å². The Bertz CT molecular complexity index is 538. The van der Waals surface area contributed by atoms with E-state index in [1.54, 1.807) is 27.0 Å². The highest BCUT2D eigenvalue weighted by Gasteiger charge is 2.31. The van der Waals surface area contributed by atoms with E-state index in [9.17, 15) is 8.42 Å². The van der Waals surface area contributed by atoms with Crippen LogP contribution in [0.3, 0.4) is 0 Å². The van der Waals surface area contributed by atoms with Gasteiger partial charge in [0.1, 0.15) is 0 Å². The average molecular weight is 321 g/mol. The van der Waals surface area contributed by atoms with Crippen LogP contribution in [0.2, 0.25) is 0 Å². The first-order chi connectivity index (χ1) is 8.91. The van der Waals surface area contributed by atoms with Crippen LogP contribution in [0.25, 0.3) is 0 Å². The molecule has 8 heteroatoms. The van der Waals surface area contributed by atoms with E-state index in [2.05, 4.69) is 15.3 Å². The third kappa shape index (κ3) is 3.66. The Morgan fingerprint density at radius 1 is 1.20 bits per heavy atom. The van der Waals surface area contributed by atoms with Gasteiger partial charge in [0.2, 0.25) is 0 Å². The molecule has 2 rings (SSSR count). The molecule has 0 bridgehead atoms. The van der Waals surface area contributed by atoms with E-state index in [0.29, 0.717) is 11.4 Å². The zero-order valence-corrected chi connectivity index (χ0v) is 13.6. The first-order valence-corrected chi connectivity index (χ1v) is 7.86. The summed E-state index contributed by atoms with van der Waals surface area (Å²) < 4.78 is 26.5. The minimum Gasteiger partial charge on any atom is -0.317 e. The van der Waals surface area contributed by atoms with Crippen LogP contribution in [-0.2, 0) is 10.0 Å². The molecule has 1 aliphatic heterocycles. The van der Waals surface area contributed by atoms with Gasteiger partial charge in [0.05, 0.1) is 0 Å². The van der Waals surface area contributed by atoms with E-state index in [-0.39, 0.29) is 23.6 Å². The summed E-state index contributed by atoms with van der Waals surface area (Å²) in [5.74, 6) is 0. The third-order valence-electron chi connectivity index (χ3n) is 3.39. The molecule has 20 heavy (non-hydrogen) atoms. The molecule has 1 aromatic heterocycles. The molecule has 6 nitrogen and oxygen atoms in total. The Labute approximate surface area is 126 Å². The van der Waals surface area contributed by atoms with E-state index in [1.165, 1.54) is 4.31 Å². The number of hydrogen-bond donors (Lipinski definition) is 1. The molecule has 0 atom stereocenters. The summed E-state index contributed by atoms with van der Waals surface area (Å²) in [6, 6.07) is 1.79. The Balaban J connectivity index is 0.00000200. The van der Waals surface area contributed by atoms with Crippen molar-refractivity contribution in [3.05, 3.63) is 17.5 Å². The lowest BCUT2D eigenvalue weighted by molar-refractivity contribution is 0.294. The lowest BCUT2D eigenvalue weighted by Gasteiger charge is -2.30. The number of hydrogen-bond acceptors (Lipinski definition) is 5. The van der Waals surface area contributed by atoms with Crippen LogP contribution in [0.4, 0.5) is 0 Å². The molecular weight excluding hydrogens is 300 g/mol. The van der Waals surface area contributed by atoms with E-state index >= 15 is 0 Å². The van der Waals surface area contributed by atoms with Crippen molar-refractivity contribution < 1.29 is 8.42 Å². The van der Waals surface area contributed by atoms with Crippen LogP contribution in [0, 0.1) is 13.8 Å². The van der Waals surface area contributed by atoms with Crippen molar-refractivity contribution in [2.45, 2.75) is 37.9 Å². The van der Waals surface area contributed by atoms with Gasteiger partial charge in [0.25, 0.3) is 15.2 Å². The molecule has 0 aromatic carbocycles. The second kappa shape index (κ2) is 6.80. The van der Waals surface area contributed by atoms with E-state index in [0.717, 1.165) is 25.9 Å². The summed E-state index contributed by atoms with van der Waals surface area (Å²) in [6.45, 7) is 5.24. The fraction of sp³-hybridized carbons (Fsp3) is 0.667. The van der Waals surface area contributed by atoms with Crippen LogP contribution in [0.5, 0.6) is 0 Å². The third-order valence-corrected chi connectivity index (χ3v) is 5.09. The molecular formula is C12H21ClN4O2S. The predicted octanol–water partition coefficient (Wildman–Crippen LogP) is 0.888. The van der Waals surface area contributed by atoms with Gasteiger partial charge in [-0.3, -0.25) is 0 Å². The maximum Gasteiger partial charge on any atom is 0.278 e. The minimum atomic E-state index is -3.60. The van der Waals surface area contributed by atoms with Crippen LogP contribution in [0.15, 0.2) is 11.2 Å². The van der Waals surface area contributed by atoms with Crippen LogP contribution in [-0.4, -0.2) is 48.9 Å². The first-order valence-electron chi connectivity index (χ1n) is 6.42. The summed E-state index contributed by atoms with van der Waals surface area (Å²) >= 11 is 0. The summed E-state index contributed by atoms with van der Waals surface area (Å²) in [6.07, 6.45) is 1.64. The molecule has 1 aromatic rings. The highest BCUT2D eigenvalue weighted by Crippen LogP contribution is 2.18. The van der Waals surface area contributed by atoms with Gasteiger partial charge in [-0.25, -0.2) is 18.4 Å². The normalized spacial score (nSPS) is 17.0. The van der Waals surface area contributed by atoms with E-state index in [4.69, 9.17) is 0 Å². The van der Waals surface area contributed by atoms with E-state index in [1.807, 2.05) is 0 Å². The van der Waals surface area contributed by atoms with Crippen LogP contribution >= 0.6 is 12.4 Å². The van der Waals surface area contributed by atoms with Crippen LogP contribution < -0.4 is 5.32 Å². The summed E-state index contributed by atoms with van der Waals surface area (Å²) in [5.41, 5.74) is 1.34. The first kappa shape index (κ1) is 17.3. The maximum atomic E-state index is 12.5. The number of halogens is 1. The average Bonchev–Trinajstić information content (AvgIpc) is 2.37. The molecule has 0 amide bonds. The molecule has 114 valence electrons. The number of nitrogens with zero attached hydrogens (tertiary/aromatic N) is 3. The Hall–Kier alpha value is -0.760. The predicted molar refractivity (Wildman–Crippen MR) is 79.6 cm³/mol. The largest absolute Gasteiger partial charge is 0.317 e. The number of sulfonamides is 1. The molecule has 0 radical (unpaired) electrons. The van der Waals surface area contributed by atoms with Gasteiger partial charge in [-0.05, 0) is 45.8 Å². The standard InChI is InChI=1S/C12H20N4O2S.ClH/c1-9-8-10(2)15-12(14-9)19(17,18)16(3)11-4-6-13-7-5-11;/h8,11,13H,4-7H2,1-3H3;1H. The highest BCUT2D eigenvalue weighted by molar-refractivity contribution is 7.88. The number of piperidine rings is 1. The Kier molecular flexibility index (Phi) is 5.88. The van der Waals surface area contributed by atoms with Gasteiger partial charge >= 0.3 is 0 Å². The van der Waals surface area contributed by atoms with Crippen LogP contribution in [0.1, 0.15) is 24.2 Å². The number of aromatic nitrogens is 2. The van der Waals surface area contributed by atoms with Gasteiger partial charge in [-0.15, -0.1) is 12.4 Å². The quantitative estimate of drug-likeness (QED) is 0.837. The molecule has 1 saturated heterocycles. The number of aryl methyl sites for hydroxylation is 2. The smallest absolute Gasteiger partial charge is 0.278 e. The topological polar surface area (TPSA) is 75.2 Å². The zero-order chi connectivity index (χ0) is 14.0. The second-order valence-corrected chi connectivity index (χ2v) is 6.83. The molecule has 2 heterocycles. The van der Waals surface area contributed by atoms with E-state index < -0.39 is 10.0 Å². The van der Waals surface area contributed by atoms with Crippen molar-refractivity contribution in [3.63, 3.8) is 0 Å². The maximum absolute atomic E-state index is 12.5. The van der Waals surface area contributed by atoms with Crippen molar-refractivity contribution in [1.29, 1.82) is 0 Å². The fourth-order valence-electron chi connectivity index (χ4n) is 2.30. The lowest BCUT2D eigenvalue weighted by atomic mass is 10.1. The van der Waals surface area contributed by atoms with Gasteiger partial charge < -0.3 is 5.32 Å². The molecule has 0 aliphatic carbocycles. The number of rotatable bonds is 3. The summed E-state index contributed by atoms with van der Waals surface area (Å²) in [7, 11) is -1.98. The zero-order valence-electron chi connectivity index (χ0n) is 12.0.